The Balaban J connectivity index is 2.69. The number of hydrogen-bond acceptors (Lipinski definition) is 5. The van der Waals surface area contributed by atoms with Gasteiger partial charge in [-0.15, -0.1) is 0 Å². The summed E-state index contributed by atoms with van der Waals surface area (Å²) in [7, 11) is 0. The summed E-state index contributed by atoms with van der Waals surface area (Å²) in [6.45, 7) is 3.01. The summed E-state index contributed by atoms with van der Waals surface area (Å²) >= 11 is -3.67. The molecule has 0 saturated heterocycles. The maximum Gasteiger partial charge on any atom is 0.311 e. The summed E-state index contributed by atoms with van der Waals surface area (Å²) in [6.07, 6.45) is 2.14. The third-order valence-corrected chi connectivity index (χ3v) is 4.66. The number of esters is 1. The predicted molar refractivity (Wildman–Crippen MR) is 99.7 cm³/mol. The molecular weight excluding hydrogens is 366 g/mol. The Kier molecular flexibility index (Phi) is 10.6. The Bertz CT molecular complexity index is 558. The van der Waals surface area contributed by atoms with E-state index in [1.165, 1.54) is 0 Å². The zero-order valence-electron chi connectivity index (χ0n) is 14.3. The average Bonchev–Trinajstić information content (AvgIpc) is 2.54. The molecule has 0 heterocycles. The highest BCUT2D eigenvalue weighted by molar-refractivity contribution is 7.79. The number of benzene rings is 1. The van der Waals surface area contributed by atoms with Gasteiger partial charge in [-0.2, -0.15) is 0 Å². The van der Waals surface area contributed by atoms with Crippen molar-refractivity contribution in [2.24, 2.45) is 0 Å². The lowest BCUT2D eigenvalue weighted by atomic mass is 10.2. The quantitative estimate of drug-likeness (QED) is 0.320. The molecule has 0 amide bonds. The smallest absolute Gasteiger partial charge is 0.311 e. The Morgan fingerprint density at radius 1 is 1.04 bits per heavy atom. The van der Waals surface area contributed by atoms with E-state index < -0.39 is 22.2 Å². The van der Waals surface area contributed by atoms with Crippen molar-refractivity contribution in [1.82, 2.24) is 0 Å². The lowest BCUT2D eigenvalue weighted by Gasteiger charge is -2.24. The summed E-state index contributed by atoms with van der Waals surface area (Å²) in [5.74, 6) is 0.544. The zero-order chi connectivity index (χ0) is 18.7. The third-order valence-electron chi connectivity index (χ3n) is 3.38. The normalized spacial score (nSPS) is 13.2. The van der Waals surface area contributed by atoms with Crippen LogP contribution in [0.3, 0.4) is 0 Å². The van der Waals surface area contributed by atoms with Crippen molar-refractivity contribution in [2.75, 3.05) is 29.5 Å². The Morgan fingerprint density at radius 3 is 2.00 bits per heavy atom. The average molecular weight is 392 g/mol. The number of anilines is 1. The molecule has 0 aromatic heterocycles. The molecule has 0 bridgehead atoms. The van der Waals surface area contributed by atoms with Crippen molar-refractivity contribution < 1.29 is 27.1 Å². The minimum atomic E-state index is -1.84. The largest absolute Gasteiger partial charge is 0.427 e. The number of carbonyl (C=O) groups excluding carboxylic acids is 1. The Hall–Kier alpha value is -1.29. The molecule has 1 rings (SSSR count). The van der Waals surface area contributed by atoms with Crippen LogP contribution in [-0.2, 0) is 27.0 Å². The van der Waals surface area contributed by atoms with Gasteiger partial charge in [0.05, 0.1) is 11.5 Å². The standard InChI is InChI=1S/C16H25NO6S2/c1-2-5-16(18)23-15-8-6-14(7-9-15)17(10-3-12-24(19)20)11-4-13-25(21)22/h6-9H,2-5,10-13H2,1H3,(H,19,20)(H,21,22). The first-order valence-corrected chi connectivity index (χ1v) is 10.7. The van der Waals surface area contributed by atoms with Crippen LogP contribution in [0.5, 0.6) is 5.75 Å². The molecule has 9 heteroatoms. The minimum Gasteiger partial charge on any atom is -0.427 e. The fourth-order valence-electron chi connectivity index (χ4n) is 2.24. The van der Waals surface area contributed by atoms with E-state index in [2.05, 4.69) is 0 Å². The minimum absolute atomic E-state index is 0.176. The highest BCUT2D eigenvalue weighted by Gasteiger charge is 2.09. The molecule has 142 valence electrons. The van der Waals surface area contributed by atoms with Crippen LogP contribution < -0.4 is 9.64 Å². The van der Waals surface area contributed by atoms with Crippen LogP contribution in [-0.4, -0.2) is 48.1 Å². The number of nitrogens with zero attached hydrogens (tertiary/aromatic N) is 1. The van der Waals surface area contributed by atoms with E-state index in [1.54, 1.807) is 24.3 Å². The van der Waals surface area contributed by atoms with Gasteiger partial charge in [-0.1, -0.05) is 6.92 Å². The van der Waals surface area contributed by atoms with Crippen molar-refractivity contribution in [2.45, 2.75) is 32.6 Å². The van der Waals surface area contributed by atoms with E-state index in [-0.39, 0.29) is 17.5 Å². The van der Waals surface area contributed by atoms with Crippen LogP contribution >= 0.6 is 0 Å². The van der Waals surface area contributed by atoms with Gasteiger partial charge in [0, 0.05) is 25.2 Å². The van der Waals surface area contributed by atoms with E-state index in [9.17, 15) is 13.2 Å². The maximum atomic E-state index is 11.5. The lowest BCUT2D eigenvalue weighted by Crippen LogP contribution is -2.27. The zero-order valence-corrected chi connectivity index (χ0v) is 15.9. The molecule has 0 aliphatic rings. The molecule has 0 saturated carbocycles. The van der Waals surface area contributed by atoms with Crippen molar-refractivity contribution in [3.8, 4) is 5.75 Å². The molecule has 0 spiro atoms. The fourth-order valence-corrected chi connectivity index (χ4v) is 2.99. The van der Waals surface area contributed by atoms with Gasteiger partial charge in [-0.3, -0.25) is 4.79 Å². The van der Waals surface area contributed by atoms with Crippen molar-refractivity contribution >= 4 is 33.8 Å². The summed E-state index contributed by atoms with van der Waals surface area (Å²) in [6, 6.07) is 7.01. The monoisotopic (exact) mass is 391 g/mol. The topological polar surface area (TPSA) is 104 Å². The number of rotatable bonds is 12. The molecular formula is C16H25NO6S2. The molecule has 1 aromatic rings. The first-order valence-electron chi connectivity index (χ1n) is 8.13. The van der Waals surface area contributed by atoms with Gasteiger partial charge in [0.25, 0.3) is 0 Å². The second kappa shape index (κ2) is 12.1. The molecule has 0 fully saturated rings. The number of hydrogen-bond donors (Lipinski definition) is 2. The number of carbonyl (C=O) groups is 1. The van der Waals surface area contributed by atoms with Gasteiger partial charge >= 0.3 is 5.97 Å². The highest BCUT2D eigenvalue weighted by Crippen LogP contribution is 2.20. The number of ether oxygens (including phenoxy) is 1. The molecule has 25 heavy (non-hydrogen) atoms. The van der Waals surface area contributed by atoms with Gasteiger partial charge in [-0.05, 0) is 43.5 Å². The van der Waals surface area contributed by atoms with Crippen LogP contribution in [0.25, 0.3) is 0 Å². The van der Waals surface area contributed by atoms with Gasteiger partial charge in [-0.25, -0.2) is 8.42 Å². The second-order valence-corrected chi connectivity index (χ2v) is 7.57. The molecule has 2 N–H and O–H groups in total. The Morgan fingerprint density at radius 2 is 1.56 bits per heavy atom. The van der Waals surface area contributed by atoms with Gasteiger partial charge in [0.2, 0.25) is 0 Å². The summed E-state index contributed by atoms with van der Waals surface area (Å²) in [5.41, 5.74) is 0.864. The van der Waals surface area contributed by atoms with E-state index in [0.29, 0.717) is 38.1 Å². The summed E-state index contributed by atoms with van der Waals surface area (Å²) < 4.78 is 44.6. The SMILES string of the molecule is CCCC(=O)Oc1ccc(N(CCCS(=O)O)CCCS(=O)O)cc1. The first-order chi connectivity index (χ1) is 11.9. The van der Waals surface area contributed by atoms with E-state index in [1.807, 2.05) is 11.8 Å². The molecule has 0 radical (unpaired) electrons. The van der Waals surface area contributed by atoms with E-state index >= 15 is 0 Å². The van der Waals surface area contributed by atoms with E-state index in [0.717, 1.165) is 12.1 Å². The summed E-state index contributed by atoms with van der Waals surface area (Å²) in [5, 5.41) is 0. The van der Waals surface area contributed by atoms with Crippen molar-refractivity contribution in [3.63, 3.8) is 0 Å². The maximum absolute atomic E-state index is 11.5. The van der Waals surface area contributed by atoms with Crippen LogP contribution in [0.4, 0.5) is 5.69 Å². The molecule has 0 aliphatic heterocycles. The summed E-state index contributed by atoms with van der Waals surface area (Å²) in [4.78, 5) is 13.5. The molecule has 2 unspecified atom stereocenters. The molecule has 7 nitrogen and oxygen atoms in total. The van der Waals surface area contributed by atoms with Crippen LogP contribution in [0.2, 0.25) is 0 Å². The first kappa shape index (κ1) is 21.8. The molecule has 2 atom stereocenters. The van der Waals surface area contributed by atoms with Gasteiger partial charge < -0.3 is 18.7 Å². The van der Waals surface area contributed by atoms with Gasteiger partial charge in [0.15, 0.2) is 22.2 Å². The van der Waals surface area contributed by atoms with E-state index in [4.69, 9.17) is 13.8 Å². The van der Waals surface area contributed by atoms with Crippen LogP contribution in [0, 0.1) is 0 Å². The predicted octanol–water partition coefficient (Wildman–Crippen LogP) is 2.42. The third kappa shape index (κ3) is 9.69. The van der Waals surface area contributed by atoms with Crippen molar-refractivity contribution in [3.05, 3.63) is 24.3 Å². The van der Waals surface area contributed by atoms with Crippen LogP contribution in [0.15, 0.2) is 24.3 Å². The lowest BCUT2D eigenvalue weighted by molar-refractivity contribution is -0.134. The Labute approximate surface area is 153 Å². The second-order valence-electron chi connectivity index (χ2n) is 5.46. The van der Waals surface area contributed by atoms with Crippen LogP contribution in [0.1, 0.15) is 32.6 Å². The highest BCUT2D eigenvalue weighted by atomic mass is 32.2. The molecule has 0 aliphatic carbocycles. The van der Waals surface area contributed by atoms with Crippen molar-refractivity contribution in [1.29, 1.82) is 0 Å². The van der Waals surface area contributed by atoms with Gasteiger partial charge in [0.1, 0.15) is 5.75 Å². The fraction of sp³-hybridized carbons (Fsp3) is 0.562. The molecule has 1 aromatic carbocycles.